The van der Waals surface area contributed by atoms with Crippen molar-refractivity contribution in [2.45, 2.75) is 47.1 Å². The summed E-state index contributed by atoms with van der Waals surface area (Å²) in [5, 5.41) is 3.70. The zero-order valence-electron chi connectivity index (χ0n) is 13.8. The van der Waals surface area contributed by atoms with E-state index in [0.717, 1.165) is 24.6 Å². The van der Waals surface area contributed by atoms with E-state index in [4.69, 9.17) is 4.74 Å². The lowest BCUT2D eigenvalue weighted by Crippen LogP contribution is -2.31. The van der Waals surface area contributed by atoms with Crippen LogP contribution >= 0.6 is 0 Å². The fraction of sp³-hybridized carbons (Fsp3) is 0.667. The van der Waals surface area contributed by atoms with Gasteiger partial charge >= 0.3 is 0 Å². The van der Waals surface area contributed by atoms with Gasteiger partial charge in [-0.05, 0) is 54.3 Å². The molecule has 1 aromatic carbocycles. The summed E-state index contributed by atoms with van der Waals surface area (Å²) in [5.41, 5.74) is 2.31. The fourth-order valence-electron chi connectivity index (χ4n) is 3.35. The zero-order chi connectivity index (χ0) is 15.0. The van der Waals surface area contributed by atoms with Crippen LogP contribution in [-0.2, 0) is 6.42 Å². The number of rotatable bonds is 6. The molecular formula is C18H29NO. The number of methoxy groups -OCH3 is 1. The topological polar surface area (TPSA) is 21.3 Å². The third-order valence-corrected chi connectivity index (χ3v) is 5.69. The minimum Gasteiger partial charge on any atom is -0.497 e. The standard InChI is InChI=1S/C18H29NO/c1-13(11-14-7-9-15(20-6)10-8-14)19-12-16-17(2,3)18(16,4)5/h7-10,13,16,19H,11-12H2,1-6H3. The molecule has 1 unspecified atom stereocenters. The minimum absolute atomic E-state index is 0.472. The molecule has 2 heteroatoms. The fourth-order valence-corrected chi connectivity index (χ4v) is 3.35. The van der Waals surface area contributed by atoms with Crippen LogP contribution in [0, 0.1) is 16.7 Å². The van der Waals surface area contributed by atoms with E-state index in [-0.39, 0.29) is 0 Å². The molecule has 1 fully saturated rings. The van der Waals surface area contributed by atoms with Crippen LogP contribution in [-0.4, -0.2) is 19.7 Å². The molecule has 0 aromatic heterocycles. The smallest absolute Gasteiger partial charge is 0.118 e. The van der Waals surface area contributed by atoms with E-state index in [1.165, 1.54) is 5.56 Å². The van der Waals surface area contributed by atoms with Crippen LogP contribution in [0.25, 0.3) is 0 Å². The van der Waals surface area contributed by atoms with Crippen LogP contribution in [0.1, 0.15) is 40.2 Å². The summed E-state index contributed by atoms with van der Waals surface area (Å²) in [5.74, 6) is 1.71. The van der Waals surface area contributed by atoms with E-state index >= 15 is 0 Å². The van der Waals surface area contributed by atoms with Crippen molar-refractivity contribution in [1.82, 2.24) is 5.32 Å². The summed E-state index contributed by atoms with van der Waals surface area (Å²) in [6.45, 7) is 12.9. The van der Waals surface area contributed by atoms with E-state index in [1.54, 1.807) is 7.11 Å². The van der Waals surface area contributed by atoms with E-state index in [2.05, 4.69) is 52.1 Å². The molecule has 1 aliphatic carbocycles. The monoisotopic (exact) mass is 275 g/mol. The molecule has 0 amide bonds. The Hall–Kier alpha value is -1.02. The van der Waals surface area contributed by atoms with Gasteiger partial charge in [-0.15, -0.1) is 0 Å². The summed E-state index contributed by atoms with van der Waals surface area (Å²) >= 11 is 0. The molecule has 0 spiro atoms. The largest absolute Gasteiger partial charge is 0.497 e. The Balaban J connectivity index is 1.80. The second-order valence-corrected chi connectivity index (χ2v) is 7.36. The molecule has 2 nitrogen and oxygen atoms in total. The zero-order valence-corrected chi connectivity index (χ0v) is 13.8. The van der Waals surface area contributed by atoms with E-state index < -0.39 is 0 Å². The minimum atomic E-state index is 0.472. The van der Waals surface area contributed by atoms with Crippen molar-refractivity contribution >= 4 is 0 Å². The van der Waals surface area contributed by atoms with Gasteiger partial charge in [0.15, 0.2) is 0 Å². The highest BCUT2D eigenvalue weighted by Crippen LogP contribution is 2.67. The Morgan fingerprint density at radius 1 is 1.10 bits per heavy atom. The van der Waals surface area contributed by atoms with Crippen molar-refractivity contribution in [1.29, 1.82) is 0 Å². The van der Waals surface area contributed by atoms with Gasteiger partial charge in [-0.2, -0.15) is 0 Å². The molecule has 0 heterocycles. The van der Waals surface area contributed by atoms with Crippen molar-refractivity contribution in [3.05, 3.63) is 29.8 Å². The third-order valence-electron chi connectivity index (χ3n) is 5.69. The normalized spacial score (nSPS) is 21.5. The molecule has 20 heavy (non-hydrogen) atoms. The predicted molar refractivity (Wildman–Crippen MR) is 85.2 cm³/mol. The van der Waals surface area contributed by atoms with Gasteiger partial charge in [0.2, 0.25) is 0 Å². The Morgan fingerprint density at radius 3 is 2.10 bits per heavy atom. The third kappa shape index (κ3) is 2.85. The molecule has 0 bridgehead atoms. The predicted octanol–water partition coefficient (Wildman–Crippen LogP) is 3.90. The lowest BCUT2D eigenvalue weighted by atomic mass is 10.0. The summed E-state index contributed by atoms with van der Waals surface area (Å²) in [6.07, 6.45) is 1.07. The van der Waals surface area contributed by atoms with Gasteiger partial charge in [0.1, 0.15) is 5.75 Å². The van der Waals surface area contributed by atoms with E-state index in [0.29, 0.717) is 16.9 Å². The average Bonchev–Trinajstić information content (AvgIpc) is 2.78. The molecule has 1 aliphatic rings. The number of benzene rings is 1. The van der Waals surface area contributed by atoms with Crippen LogP contribution in [0.5, 0.6) is 5.75 Å². The Labute approximate surface area is 123 Å². The summed E-state index contributed by atoms with van der Waals surface area (Å²) in [6, 6.07) is 8.89. The van der Waals surface area contributed by atoms with Crippen LogP contribution < -0.4 is 10.1 Å². The van der Waals surface area contributed by atoms with Gasteiger partial charge in [0.05, 0.1) is 7.11 Å². The van der Waals surface area contributed by atoms with Crippen LogP contribution in [0.3, 0.4) is 0 Å². The molecular weight excluding hydrogens is 246 g/mol. The Bertz CT molecular complexity index is 433. The summed E-state index contributed by atoms with van der Waals surface area (Å²) in [7, 11) is 1.71. The first-order chi connectivity index (χ1) is 9.29. The molecule has 1 aromatic rings. The van der Waals surface area contributed by atoms with Crippen LogP contribution in [0.15, 0.2) is 24.3 Å². The first kappa shape index (κ1) is 15.4. The van der Waals surface area contributed by atoms with Crippen molar-refractivity contribution in [3.63, 3.8) is 0 Å². The highest BCUT2D eigenvalue weighted by molar-refractivity contribution is 5.27. The first-order valence-electron chi connectivity index (χ1n) is 7.65. The SMILES string of the molecule is COc1ccc(CC(C)NCC2C(C)(C)C2(C)C)cc1. The lowest BCUT2D eigenvalue weighted by Gasteiger charge is -2.15. The molecule has 1 N–H and O–H groups in total. The highest BCUT2D eigenvalue weighted by atomic mass is 16.5. The number of hydrogen-bond donors (Lipinski definition) is 1. The van der Waals surface area contributed by atoms with Crippen molar-refractivity contribution in [2.75, 3.05) is 13.7 Å². The quantitative estimate of drug-likeness (QED) is 0.850. The van der Waals surface area contributed by atoms with Crippen LogP contribution in [0.4, 0.5) is 0 Å². The molecule has 0 aliphatic heterocycles. The highest BCUT2D eigenvalue weighted by Gasteiger charge is 2.63. The van der Waals surface area contributed by atoms with Gasteiger partial charge in [0, 0.05) is 6.04 Å². The molecule has 0 saturated heterocycles. The van der Waals surface area contributed by atoms with Gasteiger partial charge < -0.3 is 10.1 Å². The van der Waals surface area contributed by atoms with E-state index in [9.17, 15) is 0 Å². The maximum atomic E-state index is 5.19. The molecule has 1 saturated carbocycles. The number of hydrogen-bond acceptors (Lipinski definition) is 2. The van der Waals surface area contributed by atoms with Gasteiger partial charge in [0.25, 0.3) is 0 Å². The first-order valence-corrected chi connectivity index (χ1v) is 7.65. The maximum Gasteiger partial charge on any atom is 0.118 e. The van der Waals surface area contributed by atoms with Crippen molar-refractivity contribution < 1.29 is 4.74 Å². The second-order valence-electron chi connectivity index (χ2n) is 7.36. The summed E-state index contributed by atoms with van der Waals surface area (Å²) in [4.78, 5) is 0. The number of nitrogens with one attached hydrogen (secondary N) is 1. The van der Waals surface area contributed by atoms with Crippen molar-refractivity contribution in [2.24, 2.45) is 16.7 Å². The maximum absolute atomic E-state index is 5.19. The number of ether oxygens (including phenoxy) is 1. The average molecular weight is 275 g/mol. The van der Waals surface area contributed by atoms with Crippen LogP contribution in [0.2, 0.25) is 0 Å². The second kappa shape index (κ2) is 5.40. The summed E-state index contributed by atoms with van der Waals surface area (Å²) < 4.78 is 5.19. The van der Waals surface area contributed by atoms with Gasteiger partial charge in [-0.3, -0.25) is 0 Å². The molecule has 1 atom stereocenters. The van der Waals surface area contributed by atoms with Gasteiger partial charge in [-0.25, -0.2) is 0 Å². The van der Waals surface area contributed by atoms with Gasteiger partial charge in [-0.1, -0.05) is 39.8 Å². The molecule has 0 radical (unpaired) electrons. The lowest BCUT2D eigenvalue weighted by molar-refractivity contribution is 0.414. The van der Waals surface area contributed by atoms with E-state index in [1.807, 2.05) is 12.1 Å². The Morgan fingerprint density at radius 2 is 1.65 bits per heavy atom. The molecule has 2 rings (SSSR count). The Kier molecular flexibility index (Phi) is 4.15. The van der Waals surface area contributed by atoms with Crippen molar-refractivity contribution in [3.8, 4) is 5.75 Å². The molecule has 112 valence electrons.